The molecule has 20 heavy (non-hydrogen) atoms. The highest BCUT2D eigenvalue weighted by Crippen LogP contribution is 2.44. The van der Waals surface area contributed by atoms with Gasteiger partial charge in [0.05, 0.1) is 0 Å². The summed E-state index contributed by atoms with van der Waals surface area (Å²) in [5, 5.41) is 0.957. The monoisotopic (exact) mass is 300 g/mol. The van der Waals surface area contributed by atoms with E-state index in [4.69, 9.17) is 0 Å². The molecule has 108 valence electrons. The van der Waals surface area contributed by atoms with Crippen molar-refractivity contribution in [2.75, 3.05) is 0 Å². The largest absolute Gasteiger partial charge is 0.294 e. The van der Waals surface area contributed by atoms with Gasteiger partial charge in [0.1, 0.15) is 0 Å². The number of carbonyl (C=O) groups excluding carboxylic acids is 1. The second-order valence-corrected chi connectivity index (χ2v) is 7.20. The highest BCUT2D eigenvalue weighted by atomic mass is 32.2. The zero-order valence-electron chi connectivity index (χ0n) is 10.9. The van der Waals surface area contributed by atoms with E-state index in [0.29, 0.717) is 10.5 Å². The van der Waals surface area contributed by atoms with Crippen LogP contribution in [0, 0.1) is 23.4 Å². The molecule has 3 rings (SSSR count). The van der Waals surface area contributed by atoms with Crippen molar-refractivity contribution >= 4 is 17.5 Å². The SMILES string of the molecule is O=C(c1cc(F)c(F)c(F)c1)C1CC2CCCC(C1)S2. The van der Waals surface area contributed by atoms with Gasteiger partial charge in [0.25, 0.3) is 0 Å². The van der Waals surface area contributed by atoms with Crippen LogP contribution in [-0.2, 0) is 0 Å². The van der Waals surface area contributed by atoms with Crippen molar-refractivity contribution in [2.45, 2.75) is 42.6 Å². The molecular formula is C15H15F3OS. The van der Waals surface area contributed by atoms with Crippen molar-refractivity contribution in [1.82, 2.24) is 0 Å². The number of rotatable bonds is 2. The van der Waals surface area contributed by atoms with Crippen LogP contribution in [0.25, 0.3) is 0 Å². The fourth-order valence-corrected chi connectivity index (χ4v) is 5.04. The first-order chi connectivity index (χ1) is 9.54. The van der Waals surface area contributed by atoms with Gasteiger partial charge in [-0.25, -0.2) is 13.2 Å². The number of hydrogen-bond donors (Lipinski definition) is 0. The number of benzene rings is 1. The summed E-state index contributed by atoms with van der Waals surface area (Å²) in [6.07, 6.45) is 4.94. The third-order valence-electron chi connectivity index (χ3n) is 4.17. The molecule has 2 bridgehead atoms. The summed E-state index contributed by atoms with van der Waals surface area (Å²) in [6.45, 7) is 0. The predicted octanol–water partition coefficient (Wildman–Crippen LogP) is 4.35. The fraction of sp³-hybridized carbons (Fsp3) is 0.533. The van der Waals surface area contributed by atoms with Crippen molar-refractivity contribution in [2.24, 2.45) is 5.92 Å². The summed E-state index contributed by atoms with van der Waals surface area (Å²) in [6, 6.07) is 1.64. The Labute approximate surface area is 119 Å². The molecule has 2 aliphatic heterocycles. The fourth-order valence-electron chi connectivity index (χ4n) is 3.21. The van der Waals surface area contributed by atoms with E-state index in [1.807, 2.05) is 11.8 Å². The third-order valence-corrected chi connectivity index (χ3v) is 5.80. The first kappa shape index (κ1) is 14.0. The van der Waals surface area contributed by atoms with Crippen LogP contribution in [0.1, 0.15) is 42.5 Å². The van der Waals surface area contributed by atoms with Crippen LogP contribution >= 0.6 is 11.8 Å². The van der Waals surface area contributed by atoms with Gasteiger partial charge in [-0.15, -0.1) is 0 Å². The van der Waals surface area contributed by atoms with E-state index in [9.17, 15) is 18.0 Å². The van der Waals surface area contributed by atoms with Gasteiger partial charge < -0.3 is 0 Å². The highest BCUT2D eigenvalue weighted by Gasteiger charge is 2.36. The molecule has 0 amide bonds. The quantitative estimate of drug-likeness (QED) is 0.596. The van der Waals surface area contributed by atoms with Crippen LogP contribution in [0.3, 0.4) is 0 Å². The Morgan fingerprint density at radius 3 is 2.15 bits per heavy atom. The van der Waals surface area contributed by atoms with E-state index < -0.39 is 17.5 Å². The molecular weight excluding hydrogens is 285 g/mol. The molecule has 1 nitrogen and oxygen atoms in total. The molecule has 0 radical (unpaired) electrons. The summed E-state index contributed by atoms with van der Waals surface area (Å²) in [5.74, 6) is -4.54. The summed E-state index contributed by atoms with van der Waals surface area (Å²) in [7, 11) is 0. The molecule has 2 unspecified atom stereocenters. The van der Waals surface area contributed by atoms with E-state index in [1.165, 1.54) is 6.42 Å². The van der Waals surface area contributed by atoms with Gasteiger partial charge in [-0.2, -0.15) is 11.8 Å². The maximum atomic E-state index is 13.2. The van der Waals surface area contributed by atoms with Gasteiger partial charge in [0, 0.05) is 22.0 Å². The topological polar surface area (TPSA) is 17.1 Å². The van der Waals surface area contributed by atoms with Gasteiger partial charge in [-0.3, -0.25) is 4.79 Å². The van der Waals surface area contributed by atoms with E-state index in [0.717, 1.165) is 37.8 Å². The lowest BCUT2D eigenvalue weighted by molar-refractivity contribution is 0.0895. The number of thioether (sulfide) groups is 1. The minimum Gasteiger partial charge on any atom is -0.294 e. The minimum atomic E-state index is -1.52. The van der Waals surface area contributed by atoms with Gasteiger partial charge >= 0.3 is 0 Å². The van der Waals surface area contributed by atoms with E-state index in [-0.39, 0.29) is 17.3 Å². The lowest BCUT2D eigenvalue weighted by Gasteiger charge is -2.37. The Balaban J connectivity index is 1.82. The second kappa shape index (κ2) is 5.43. The van der Waals surface area contributed by atoms with Crippen LogP contribution in [0.5, 0.6) is 0 Å². The van der Waals surface area contributed by atoms with Crippen LogP contribution in [0.15, 0.2) is 12.1 Å². The smallest absolute Gasteiger partial charge is 0.194 e. The maximum Gasteiger partial charge on any atom is 0.194 e. The van der Waals surface area contributed by atoms with Crippen LogP contribution in [0.4, 0.5) is 13.2 Å². The normalized spacial score (nSPS) is 29.2. The van der Waals surface area contributed by atoms with Crippen LogP contribution < -0.4 is 0 Å². The Morgan fingerprint density at radius 1 is 1.05 bits per heavy atom. The molecule has 1 aromatic rings. The zero-order chi connectivity index (χ0) is 14.3. The maximum absolute atomic E-state index is 13.2. The minimum absolute atomic E-state index is 0.0450. The van der Waals surface area contributed by atoms with E-state index in [1.54, 1.807) is 0 Å². The first-order valence-corrected chi connectivity index (χ1v) is 7.83. The molecule has 2 aliphatic rings. The standard InChI is InChI=1S/C15H15F3OS/c16-12-6-9(7-13(17)14(12)18)15(19)8-4-10-2-1-3-11(5-8)20-10/h6-8,10-11H,1-5H2. The molecule has 0 saturated carbocycles. The molecule has 2 saturated heterocycles. The molecule has 0 N–H and O–H groups in total. The van der Waals surface area contributed by atoms with E-state index >= 15 is 0 Å². The van der Waals surface area contributed by atoms with Crippen LogP contribution in [-0.4, -0.2) is 16.3 Å². The van der Waals surface area contributed by atoms with Gasteiger partial charge in [-0.1, -0.05) is 6.42 Å². The van der Waals surface area contributed by atoms with Gasteiger partial charge in [0.15, 0.2) is 23.2 Å². The molecule has 0 aromatic heterocycles. The molecule has 0 aliphatic carbocycles. The molecule has 2 atom stereocenters. The summed E-state index contributed by atoms with van der Waals surface area (Å²) in [4.78, 5) is 12.4. The Morgan fingerprint density at radius 2 is 1.60 bits per heavy atom. The van der Waals surface area contributed by atoms with Crippen molar-refractivity contribution in [3.8, 4) is 0 Å². The molecule has 0 spiro atoms. The molecule has 5 heteroatoms. The van der Waals surface area contributed by atoms with Gasteiger partial charge in [0.2, 0.25) is 0 Å². The lowest BCUT2D eigenvalue weighted by atomic mass is 9.84. The van der Waals surface area contributed by atoms with Gasteiger partial charge in [-0.05, 0) is 37.8 Å². The number of halogens is 3. The number of fused-ring (bicyclic) bond motifs is 2. The summed E-state index contributed by atoms with van der Waals surface area (Å²) >= 11 is 1.94. The summed E-state index contributed by atoms with van der Waals surface area (Å²) < 4.78 is 39.4. The molecule has 2 heterocycles. The number of carbonyl (C=O) groups is 1. The average Bonchev–Trinajstić information content (AvgIpc) is 2.43. The Kier molecular flexibility index (Phi) is 3.80. The summed E-state index contributed by atoms with van der Waals surface area (Å²) in [5.41, 5.74) is -0.0450. The third kappa shape index (κ3) is 2.60. The number of hydrogen-bond acceptors (Lipinski definition) is 2. The Bertz CT molecular complexity index is 511. The Hall–Kier alpha value is -0.970. The predicted molar refractivity (Wildman–Crippen MR) is 72.4 cm³/mol. The van der Waals surface area contributed by atoms with Crippen LogP contribution in [0.2, 0.25) is 0 Å². The molecule has 2 fully saturated rings. The van der Waals surface area contributed by atoms with Crippen molar-refractivity contribution in [3.63, 3.8) is 0 Å². The second-order valence-electron chi connectivity index (χ2n) is 5.60. The zero-order valence-corrected chi connectivity index (χ0v) is 11.7. The lowest BCUT2D eigenvalue weighted by Crippen LogP contribution is -2.33. The number of ketones is 1. The van der Waals surface area contributed by atoms with E-state index in [2.05, 4.69) is 0 Å². The number of Topliss-reactive ketones (excluding diaryl/α,β-unsaturated/α-hetero) is 1. The highest BCUT2D eigenvalue weighted by molar-refractivity contribution is 8.00. The van der Waals surface area contributed by atoms with Crippen molar-refractivity contribution < 1.29 is 18.0 Å². The molecule has 1 aromatic carbocycles. The first-order valence-electron chi connectivity index (χ1n) is 6.89. The average molecular weight is 300 g/mol. The van der Waals surface area contributed by atoms with Crippen molar-refractivity contribution in [3.05, 3.63) is 35.1 Å². The van der Waals surface area contributed by atoms with Crippen molar-refractivity contribution in [1.29, 1.82) is 0 Å².